The van der Waals surface area contributed by atoms with Crippen LogP contribution in [0.25, 0.3) is 0 Å². The lowest BCUT2D eigenvalue weighted by Gasteiger charge is -2.15. The summed E-state index contributed by atoms with van der Waals surface area (Å²) in [4.78, 5) is 13.3. The minimum absolute atomic E-state index is 0.152. The number of H-pyrrole nitrogens is 1. The van der Waals surface area contributed by atoms with Crippen LogP contribution in [-0.2, 0) is 4.74 Å². The number of carbonyl (C=O) groups is 1. The molecule has 1 heterocycles. The summed E-state index contributed by atoms with van der Waals surface area (Å²) in [5, 5.41) is 6.28. The summed E-state index contributed by atoms with van der Waals surface area (Å²) < 4.78 is 4.90. The average Bonchev–Trinajstić information content (AvgIpc) is 2.63. The minimum atomic E-state index is -0.152. The van der Waals surface area contributed by atoms with Crippen LogP contribution in [0.3, 0.4) is 0 Å². The van der Waals surface area contributed by atoms with Gasteiger partial charge in [-0.1, -0.05) is 0 Å². The zero-order valence-corrected chi connectivity index (χ0v) is 8.99. The van der Waals surface area contributed by atoms with Crippen molar-refractivity contribution in [1.29, 1.82) is 0 Å². The van der Waals surface area contributed by atoms with E-state index in [1.807, 2.05) is 0 Å². The maximum absolute atomic E-state index is 11.8. The van der Waals surface area contributed by atoms with Crippen LogP contribution in [0.2, 0.25) is 0 Å². The molecule has 0 fully saturated rings. The maximum atomic E-state index is 11.8. The third kappa shape index (κ3) is 2.95. The number of carbonyl (C=O) groups excluding carboxylic acids is 1. The van der Waals surface area contributed by atoms with E-state index in [4.69, 9.17) is 10.5 Å². The number of anilines is 1. The van der Waals surface area contributed by atoms with E-state index in [-0.39, 0.29) is 5.91 Å². The maximum Gasteiger partial charge on any atom is 0.273 e. The second-order valence-corrected chi connectivity index (χ2v) is 3.27. The molecular formula is C9H16N4O2. The molecular weight excluding hydrogens is 196 g/mol. The van der Waals surface area contributed by atoms with E-state index in [0.717, 1.165) is 6.42 Å². The van der Waals surface area contributed by atoms with Crippen LogP contribution in [0, 0.1) is 0 Å². The van der Waals surface area contributed by atoms with Gasteiger partial charge in [-0.05, 0) is 6.42 Å². The summed E-state index contributed by atoms with van der Waals surface area (Å²) in [5.74, 6) is -0.152. The second-order valence-electron chi connectivity index (χ2n) is 3.27. The van der Waals surface area contributed by atoms with Crippen LogP contribution < -0.4 is 5.73 Å². The Balaban J connectivity index is 2.50. The first-order chi connectivity index (χ1) is 7.16. The third-order valence-electron chi connectivity index (χ3n) is 2.07. The van der Waals surface area contributed by atoms with Gasteiger partial charge in [-0.15, -0.1) is 0 Å². The van der Waals surface area contributed by atoms with Gasteiger partial charge in [0.15, 0.2) is 0 Å². The molecule has 0 spiro atoms. The smallest absolute Gasteiger partial charge is 0.273 e. The number of aromatic amines is 1. The molecule has 0 atom stereocenters. The van der Waals surface area contributed by atoms with Gasteiger partial charge in [0, 0.05) is 27.3 Å². The number of aromatic nitrogens is 2. The van der Waals surface area contributed by atoms with Crippen LogP contribution in [0.1, 0.15) is 16.9 Å². The highest BCUT2D eigenvalue weighted by Gasteiger charge is 2.15. The Kier molecular flexibility index (Phi) is 4.11. The first kappa shape index (κ1) is 11.5. The van der Waals surface area contributed by atoms with Gasteiger partial charge in [0.2, 0.25) is 0 Å². The van der Waals surface area contributed by atoms with Crippen molar-refractivity contribution in [2.75, 3.05) is 33.0 Å². The van der Waals surface area contributed by atoms with Gasteiger partial charge >= 0.3 is 0 Å². The predicted octanol–water partition coefficient (Wildman–Crippen LogP) is 0.100. The third-order valence-corrected chi connectivity index (χ3v) is 2.07. The molecule has 1 rings (SSSR count). The lowest BCUT2D eigenvalue weighted by atomic mass is 10.3. The molecule has 0 saturated heterocycles. The van der Waals surface area contributed by atoms with E-state index in [1.54, 1.807) is 19.1 Å². The van der Waals surface area contributed by atoms with E-state index >= 15 is 0 Å². The molecule has 0 bridgehead atoms. The molecule has 3 N–H and O–H groups in total. The fourth-order valence-corrected chi connectivity index (χ4v) is 1.21. The molecule has 0 radical (unpaired) electrons. The van der Waals surface area contributed by atoms with Crippen molar-refractivity contribution < 1.29 is 9.53 Å². The zero-order chi connectivity index (χ0) is 11.3. The summed E-state index contributed by atoms with van der Waals surface area (Å²) in [6.45, 7) is 1.27. The summed E-state index contributed by atoms with van der Waals surface area (Å²) in [7, 11) is 3.35. The van der Waals surface area contributed by atoms with Gasteiger partial charge in [0.25, 0.3) is 5.91 Å². The Hall–Kier alpha value is -1.56. The highest BCUT2D eigenvalue weighted by molar-refractivity contribution is 5.96. The van der Waals surface area contributed by atoms with Gasteiger partial charge < -0.3 is 15.4 Å². The van der Waals surface area contributed by atoms with Crippen LogP contribution in [0.4, 0.5) is 5.69 Å². The number of nitrogen functional groups attached to an aromatic ring is 1. The van der Waals surface area contributed by atoms with Crippen molar-refractivity contribution in [3.63, 3.8) is 0 Å². The molecule has 0 saturated carbocycles. The summed E-state index contributed by atoms with van der Waals surface area (Å²) in [6, 6.07) is 0. The largest absolute Gasteiger partial charge is 0.396 e. The second kappa shape index (κ2) is 5.35. The quantitative estimate of drug-likeness (QED) is 0.678. The van der Waals surface area contributed by atoms with Gasteiger partial charge in [-0.3, -0.25) is 9.89 Å². The normalized spacial score (nSPS) is 10.3. The van der Waals surface area contributed by atoms with Gasteiger partial charge in [0.05, 0.1) is 11.9 Å². The molecule has 0 aromatic carbocycles. The molecule has 1 amide bonds. The highest BCUT2D eigenvalue weighted by Crippen LogP contribution is 2.08. The molecule has 15 heavy (non-hydrogen) atoms. The lowest BCUT2D eigenvalue weighted by Crippen LogP contribution is -2.29. The summed E-state index contributed by atoms with van der Waals surface area (Å²) in [5.41, 5.74) is 6.28. The number of methoxy groups -OCH3 is 1. The van der Waals surface area contributed by atoms with E-state index in [2.05, 4.69) is 10.2 Å². The SMILES string of the molecule is COCCCN(C)C(=O)c1[nH]ncc1N. The standard InChI is InChI=1S/C9H16N4O2/c1-13(4-3-5-15-2)9(14)8-7(10)6-11-12-8/h6H,3-5,10H2,1-2H3,(H,11,12). The fourth-order valence-electron chi connectivity index (χ4n) is 1.21. The van der Waals surface area contributed by atoms with Crippen LogP contribution in [0.15, 0.2) is 6.20 Å². The molecule has 6 heteroatoms. The van der Waals surface area contributed by atoms with Crippen LogP contribution in [0.5, 0.6) is 0 Å². The van der Waals surface area contributed by atoms with Crippen molar-refractivity contribution >= 4 is 11.6 Å². The van der Waals surface area contributed by atoms with E-state index in [1.165, 1.54) is 6.20 Å². The monoisotopic (exact) mass is 212 g/mol. The number of amides is 1. The van der Waals surface area contributed by atoms with Gasteiger partial charge in [-0.25, -0.2) is 0 Å². The Bertz CT molecular complexity index is 324. The summed E-state index contributed by atoms with van der Waals surface area (Å²) >= 11 is 0. The lowest BCUT2D eigenvalue weighted by molar-refractivity contribution is 0.0774. The summed E-state index contributed by atoms with van der Waals surface area (Å²) in [6.07, 6.45) is 2.23. The van der Waals surface area contributed by atoms with Crippen LogP contribution in [-0.4, -0.2) is 48.3 Å². The van der Waals surface area contributed by atoms with E-state index < -0.39 is 0 Å². The predicted molar refractivity (Wildman–Crippen MR) is 56.5 cm³/mol. The van der Waals surface area contributed by atoms with Crippen molar-refractivity contribution in [2.45, 2.75) is 6.42 Å². The van der Waals surface area contributed by atoms with Crippen molar-refractivity contribution in [3.05, 3.63) is 11.9 Å². The Morgan fingerprint density at radius 2 is 2.47 bits per heavy atom. The van der Waals surface area contributed by atoms with Crippen molar-refractivity contribution in [1.82, 2.24) is 15.1 Å². The topological polar surface area (TPSA) is 84.2 Å². The number of nitrogens with two attached hydrogens (primary N) is 1. The molecule has 1 aromatic rings. The number of nitrogens with zero attached hydrogens (tertiary/aromatic N) is 2. The Morgan fingerprint density at radius 1 is 1.73 bits per heavy atom. The molecule has 0 aliphatic carbocycles. The average molecular weight is 212 g/mol. The Labute approximate surface area is 88.4 Å². The molecule has 0 aliphatic rings. The zero-order valence-electron chi connectivity index (χ0n) is 8.99. The number of nitrogens with one attached hydrogen (secondary N) is 1. The van der Waals surface area contributed by atoms with Crippen molar-refractivity contribution in [3.8, 4) is 0 Å². The molecule has 0 aliphatic heterocycles. The van der Waals surface area contributed by atoms with Crippen LogP contribution >= 0.6 is 0 Å². The molecule has 6 nitrogen and oxygen atoms in total. The fraction of sp³-hybridized carbons (Fsp3) is 0.556. The van der Waals surface area contributed by atoms with E-state index in [0.29, 0.717) is 24.5 Å². The first-order valence-corrected chi connectivity index (χ1v) is 4.70. The Morgan fingerprint density at radius 3 is 3.00 bits per heavy atom. The molecule has 1 aromatic heterocycles. The number of ether oxygens (including phenoxy) is 1. The highest BCUT2D eigenvalue weighted by atomic mass is 16.5. The first-order valence-electron chi connectivity index (χ1n) is 4.70. The molecule has 84 valence electrons. The number of hydrogen-bond donors (Lipinski definition) is 2. The number of rotatable bonds is 5. The minimum Gasteiger partial charge on any atom is -0.396 e. The molecule has 0 unspecified atom stereocenters. The van der Waals surface area contributed by atoms with Crippen molar-refractivity contribution in [2.24, 2.45) is 0 Å². The van der Waals surface area contributed by atoms with Gasteiger partial charge in [-0.2, -0.15) is 5.10 Å². The number of hydrogen-bond acceptors (Lipinski definition) is 4. The van der Waals surface area contributed by atoms with Gasteiger partial charge in [0.1, 0.15) is 5.69 Å². The van der Waals surface area contributed by atoms with E-state index in [9.17, 15) is 4.79 Å².